The van der Waals surface area contributed by atoms with Gasteiger partial charge in [-0.15, -0.1) is 0 Å². The smallest absolute Gasteiger partial charge is 0.138 e. The lowest BCUT2D eigenvalue weighted by molar-refractivity contribution is 0.189. The van der Waals surface area contributed by atoms with Gasteiger partial charge in [-0.05, 0) is 43.2 Å². The third-order valence-electron chi connectivity index (χ3n) is 2.57. The van der Waals surface area contributed by atoms with Crippen LogP contribution in [0.25, 0.3) is 0 Å². The summed E-state index contributed by atoms with van der Waals surface area (Å²) in [6.07, 6.45) is 0.735. The van der Waals surface area contributed by atoms with Gasteiger partial charge in [-0.3, -0.25) is 0 Å². The van der Waals surface area contributed by atoms with E-state index in [1.165, 1.54) is 6.26 Å². The maximum absolute atomic E-state index is 10.2. The van der Waals surface area contributed by atoms with Gasteiger partial charge in [-0.25, -0.2) is 0 Å². The SMILES string of the molecule is Cc1cc(C)c(C(O)c2ccco2)c(Cl)c1. The summed E-state index contributed by atoms with van der Waals surface area (Å²) in [7, 11) is 0. The van der Waals surface area contributed by atoms with Gasteiger partial charge in [0.05, 0.1) is 6.26 Å². The molecule has 0 bridgehead atoms. The molecule has 2 nitrogen and oxygen atoms in total. The molecule has 16 heavy (non-hydrogen) atoms. The van der Waals surface area contributed by atoms with Gasteiger partial charge in [0.15, 0.2) is 0 Å². The fourth-order valence-corrected chi connectivity index (χ4v) is 2.29. The number of furan rings is 1. The first-order valence-electron chi connectivity index (χ1n) is 5.07. The number of aliphatic hydroxyl groups is 1. The van der Waals surface area contributed by atoms with Gasteiger partial charge in [0, 0.05) is 10.6 Å². The van der Waals surface area contributed by atoms with Crippen LogP contribution in [0.4, 0.5) is 0 Å². The largest absolute Gasteiger partial charge is 0.466 e. The van der Waals surface area contributed by atoms with E-state index in [2.05, 4.69) is 0 Å². The molecule has 2 rings (SSSR count). The molecule has 0 radical (unpaired) electrons. The van der Waals surface area contributed by atoms with Crippen molar-refractivity contribution in [2.75, 3.05) is 0 Å². The second-order valence-electron chi connectivity index (χ2n) is 3.90. The van der Waals surface area contributed by atoms with Gasteiger partial charge in [0.25, 0.3) is 0 Å². The number of hydrogen-bond acceptors (Lipinski definition) is 2. The Morgan fingerprint density at radius 2 is 2.06 bits per heavy atom. The molecule has 1 atom stereocenters. The Labute approximate surface area is 99.5 Å². The molecule has 0 aliphatic rings. The molecule has 1 N–H and O–H groups in total. The molecule has 0 fully saturated rings. The van der Waals surface area contributed by atoms with Crippen molar-refractivity contribution in [3.05, 3.63) is 58.0 Å². The highest BCUT2D eigenvalue weighted by Crippen LogP contribution is 2.32. The molecule has 84 valence electrons. The van der Waals surface area contributed by atoms with E-state index in [9.17, 15) is 5.11 Å². The van der Waals surface area contributed by atoms with Gasteiger partial charge in [-0.1, -0.05) is 17.7 Å². The van der Waals surface area contributed by atoms with Crippen molar-refractivity contribution >= 4 is 11.6 Å². The monoisotopic (exact) mass is 236 g/mol. The number of benzene rings is 1. The van der Waals surface area contributed by atoms with Gasteiger partial charge < -0.3 is 9.52 Å². The van der Waals surface area contributed by atoms with Crippen molar-refractivity contribution < 1.29 is 9.52 Å². The zero-order chi connectivity index (χ0) is 11.7. The Kier molecular flexibility index (Phi) is 3.03. The van der Waals surface area contributed by atoms with Crippen molar-refractivity contribution in [1.82, 2.24) is 0 Å². The van der Waals surface area contributed by atoms with E-state index in [1.54, 1.807) is 12.1 Å². The first kappa shape index (κ1) is 11.2. The van der Waals surface area contributed by atoms with Crippen LogP contribution in [-0.4, -0.2) is 5.11 Å². The third-order valence-corrected chi connectivity index (χ3v) is 2.88. The molecule has 2 aromatic rings. The predicted octanol–water partition coefficient (Wildman–Crippen LogP) is 3.63. The van der Waals surface area contributed by atoms with Crippen LogP contribution in [0.5, 0.6) is 0 Å². The maximum atomic E-state index is 10.2. The van der Waals surface area contributed by atoms with Crippen molar-refractivity contribution in [3.8, 4) is 0 Å². The molecule has 0 amide bonds. The van der Waals surface area contributed by atoms with Crippen LogP contribution in [-0.2, 0) is 0 Å². The van der Waals surface area contributed by atoms with Gasteiger partial charge in [-0.2, -0.15) is 0 Å². The molecule has 1 heterocycles. The number of aliphatic hydroxyl groups excluding tert-OH is 1. The van der Waals surface area contributed by atoms with E-state index in [4.69, 9.17) is 16.0 Å². The lowest BCUT2D eigenvalue weighted by Gasteiger charge is -2.14. The van der Waals surface area contributed by atoms with E-state index in [-0.39, 0.29) is 0 Å². The lowest BCUT2D eigenvalue weighted by atomic mass is 9.99. The summed E-state index contributed by atoms with van der Waals surface area (Å²) in [6.45, 7) is 3.91. The highest BCUT2D eigenvalue weighted by molar-refractivity contribution is 6.31. The maximum Gasteiger partial charge on any atom is 0.138 e. The molecular formula is C13H13ClO2. The topological polar surface area (TPSA) is 33.4 Å². The molecule has 0 saturated carbocycles. The standard InChI is InChI=1S/C13H13ClO2/c1-8-6-9(2)12(10(14)7-8)13(15)11-4-3-5-16-11/h3-7,13,15H,1-2H3. The lowest BCUT2D eigenvalue weighted by Crippen LogP contribution is -2.02. The molecule has 0 saturated heterocycles. The van der Waals surface area contributed by atoms with Crippen molar-refractivity contribution in [1.29, 1.82) is 0 Å². The molecule has 3 heteroatoms. The Morgan fingerprint density at radius 3 is 2.62 bits per heavy atom. The van der Waals surface area contributed by atoms with Gasteiger partial charge in [0.1, 0.15) is 11.9 Å². The summed E-state index contributed by atoms with van der Waals surface area (Å²) < 4.78 is 5.18. The van der Waals surface area contributed by atoms with Crippen LogP contribution >= 0.6 is 11.6 Å². The van der Waals surface area contributed by atoms with E-state index >= 15 is 0 Å². The van der Waals surface area contributed by atoms with Gasteiger partial charge >= 0.3 is 0 Å². The zero-order valence-electron chi connectivity index (χ0n) is 9.20. The van der Waals surface area contributed by atoms with Crippen LogP contribution in [0.1, 0.15) is 28.6 Å². The average molecular weight is 237 g/mol. The number of rotatable bonds is 2. The van der Waals surface area contributed by atoms with E-state index < -0.39 is 6.10 Å². The highest BCUT2D eigenvalue weighted by Gasteiger charge is 2.18. The van der Waals surface area contributed by atoms with Crippen molar-refractivity contribution in [2.24, 2.45) is 0 Å². The van der Waals surface area contributed by atoms with Crippen molar-refractivity contribution in [3.63, 3.8) is 0 Å². The fraction of sp³-hybridized carbons (Fsp3) is 0.231. The predicted molar refractivity (Wildman–Crippen MR) is 63.7 cm³/mol. The second-order valence-corrected chi connectivity index (χ2v) is 4.30. The summed E-state index contributed by atoms with van der Waals surface area (Å²) in [5.41, 5.74) is 2.76. The number of aryl methyl sites for hydroxylation is 2. The Morgan fingerprint density at radius 1 is 1.31 bits per heavy atom. The fourth-order valence-electron chi connectivity index (χ4n) is 1.86. The summed E-state index contributed by atoms with van der Waals surface area (Å²) in [4.78, 5) is 0. The van der Waals surface area contributed by atoms with E-state index in [0.29, 0.717) is 16.3 Å². The van der Waals surface area contributed by atoms with Gasteiger partial charge in [0.2, 0.25) is 0 Å². The third kappa shape index (κ3) is 1.99. The molecule has 1 unspecified atom stereocenters. The molecule has 1 aromatic heterocycles. The molecular weight excluding hydrogens is 224 g/mol. The summed E-state index contributed by atoms with van der Waals surface area (Å²) in [5.74, 6) is 0.508. The number of halogens is 1. The van der Waals surface area contributed by atoms with Crippen LogP contribution in [0.2, 0.25) is 5.02 Å². The number of hydrogen-bond donors (Lipinski definition) is 1. The molecule has 0 aliphatic heterocycles. The minimum Gasteiger partial charge on any atom is -0.466 e. The molecule has 0 aliphatic carbocycles. The second kappa shape index (κ2) is 4.32. The summed E-state index contributed by atoms with van der Waals surface area (Å²) in [5, 5.41) is 10.7. The van der Waals surface area contributed by atoms with Crippen LogP contribution < -0.4 is 0 Å². The minimum absolute atomic E-state index is 0.508. The highest BCUT2D eigenvalue weighted by atomic mass is 35.5. The first-order chi connectivity index (χ1) is 7.59. The Balaban J connectivity index is 2.48. The quantitative estimate of drug-likeness (QED) is 0.864. The van der Waals surface area contributed by atoms with Crippen LogP contribution in [0, 0.1) is 13.8 Å². The Hall–Kier alpha value is -1.25. The van der Waals surface area contributed by atoms with Crippen molar-refractivity contribution in [2.45, 2.75) is 20.0 Å². The Bertz CT molecular complexity index is 466. The van der Waals surface area contributed by atoms with Crippen LogP contribution in [0.15, 0.2) is 34.9 Å². The van der Waals surface area contributed by atoms with E-state index in [1.807, 2.05) is 26.0 Å². The van der Waals surface area contributed by atoms with Crippen LogP contribution in [0.3, 0.4) is 0 Å². The summed E-state index contributed by atoms with van der Waals surface area (Å²) >= 11 is 6.14. The minimum atomic E-state index is -0.803. The summed E-state index contributed by atoms with van der Waals surface area (Å²) in [6, 6.07) is 7.32. The normalized spacial score (nSPS) is 12.8. The molecule has 0 spiro atoms. The van der Waals surface area contributed by atoms with E-state index in [0.717, 1.165) is 11.1 Å². The zero-order valence-corrected chi connectivity index (χ0v) is 9.95. The molecule has 1 aromatic carbocycles. The first-order valence-corrected chi connectivity index (χ1v) is 5.45. The average Bonchev–Trinajstić information content (AvgIpc) is 2.67.